The van der Waals surface area contributed by atoms with E-state index in [-0.39, 0.29) is 24.1 Å². The minimum Gasteiger partial charge on any atom is -0.490 e. The number of aliphatic hydroxyl groups is 1. The number of fused-ring (bicyclic) bond motifs is 4. The molecule has 7 heteroatoms. The van der Waals surface area contributed by atoms with Gasteiger partial charge < -0.3 is 20.3 Å². The Hall–Kier alpha value is -1.95. The third kappa shape index (κ3) is 2.84. The monoisotopic (exact) mass is 418 g/mol. The Morgan fingerprint density at radius 2 is 1.86 bits per heavy atom. The van der Waals surface area contributed by atoms with Gasteiger partial charge in [0.1, 0.15) is 24.0 Å². The molecule has 0 amide bonds. The maximum Gasteiger partial charge on any atom is 0.283 e. The molecule has 3 aliphatic rings. The van der Waals surface area contributed by atoms with E-state index in [2.05, 4.69) is 6.07 Å². The molecule has 1 spiro atoms. The van der Waals surface area contributed by atoms with Crippen LogP contribution in [0.1, 0.15) is 24.8 Å². The van der Waals surface area contributed by atoms with Crippen LogP contribution in [0.25, 0.3) is 11.1 Å². The maximum atomic E-state index is 10.3. The lowest BCUT2D eigenvalue weighted by atomic mass is 9.67. The molecular weight excluding hydrogens is 399 g/mol. The number of hydrogen-bond acceptors (Lipinski definition) is 5. The van der Waals surface area contributed by atoms with Crippen molar-refractivity contribution in [1.82, 2.24) is 0 Å². The molecule has 5 rings (SSSR count). The molecule has 4 unspecified atom stereocenters. The molecule has 0 radical (unpaired) electrons. The average molecular weight is 419 g/mol. The van der Waals surface area contributed by atoms with E-state index in [1.165, 1.54) is 0 Å². The summed E-state index contributed by atoms with van der Waals surface area (Å²) >= 11 is 12.4. The van der Waals surface area contributed by atoms with Crippen LogP contribution in [0.2, 0.25) is 10.0 Å². The highest BCUT2D eigenvalue weighted by molar-refractivity contribution is 6.35. The Labute approximate surface area is 173 Å². The molecule has 28 heavy (non-hydrogen) atoms. The fourth-order valence-electron chi connectivity index (χ4n) is 4.77. The smallest absolute Gasteiger partial charge is 0.283 e. The van der Waals surface area contributed by atoms with Gasteiger partial charge in [-0.1, -0.05) is 29.3 Å². The second-order valence-electron chi connectivity index (χ2n) is 7.76. The highest BCUT2D eigenvalue weighted by Crippen LogP contribution is 2.53. The van der Waals surface area contributed by atoms with E-state index < -0.39 is 5.54 Å². The van der Waals surface area contributed by atoms with Crippen LogP contribution in [0.5, 0.6) is 5.75 Å². The number of ether oxygens (including phenoxy) is 2. The van der Waals surface area contributed by atoms with E-state index in [1.54, 1.807) is 6.07 Å². The summed E-state index contributed by atoms with van der Waals surface area (Å²) in [6.07, 6.45) is 1.74. The van der Waals surface area contributed by atoms with Crippen LogP contribution in [0, 0.1) is 5.92 Å². The molecule has 0 saturated heterocycles. The van der Waals surface area contributed by atoms with Gasteiger partial charge in [0.05, 0.1) is 6.10 Å². The molecule has 5 nitrogen and oxygen atoms in total. The van der Waals surface area contributed by atoms with Gasteiger partial charge in [-0.25, -0.2) is 4.99 Å². The van der Waals surface area contributed by atoms with Crippen molar-refractivity contribution in [3.05, 3.63) is 52.0 Å². The van der Waals surface area contributed by atoms with Gasteiger partial charge in [-0.05, 0) is 60.7 Å². The molecule has 2 aliphatic heterocycles. The van der Waals surface area contributed by atoms with Crippen molar-refractivity contribution in [2.75, 3.05) is 6.61 Å². The predicted octanol–water partition coefficient (Wildman–Crippen LogP) is 4.12. The first-order valence-corrected chi connectivity index (χ1v) is 10.1. The maximum absolute atomic E-state index is 10.3. The SMILES string of the molecule is NC1=NC2(CO1)c1cc(-c3cc(Cl)cc(Cl)c3)ccc1OC1CCC(O)CC12. The minimum absolute atomic E-state index is 0.00278. The van der Waals surface area contributed by atoms with Gasteiger partial charge in [0.15, 0.2) is 0 Å². The number of halogens is 2. The van der Waals surface area contributed by atoms with Crippen LogP contribution >= 0.6 is 23.2 Å². The molecule has 1 saturated carbocycles. The molecule has 2 aromatic carbocycles. The Balaban J connectivity index is 1.67. The van der Waals surface area contributed by atoms with Gasteiger partial charge in [0, 0.05) is 21.5 Å². The first-order valence-electron chi connectivity index (χ1n) is 9.38. The molecule has 4 atom stereocenters. The molecule has 0 aromatic heterocycles. The van der Waals surface area contributed by atoms with Crippen molar-refractivity contribution in [1.29, 1.82) is 0 Å². The highest BCUT2D eigenvalue weighted by atomic mass is 35.5. The van der Waals surface area contributed by atoms with Gasteiger partial charge in [0.25, 0.3) is 6.02 Å². The number of rotatable bonds is 1. The van der Waals surface area contributed by atoms with E-state index in [0.29, 0.717) is 23.1 Å². The number of benzene rings is 2. The van der Waals surface area contributed by atoms with E-state index in [9.17, 15) is 5.11 Å². The Morgan fingerprint density at radius 3 is 2.57 bits per heavy atom. The predicted molar refractivity (Wildman–Crippen MR) is 109 cm³/mol. The van der Waals surface area contributed by atoms with Crippen molar-refractivity contribution in [2.24, 2.45) is 16.6 Å². The first kappa shape index (κ1) is 18.1. The third-order valence-electron chi connectivity index (χ3n) is 6.04. The lowest BCUT2D eigenvalue weighted by Gasteiger charge is -2.47. The lowest BCUT2D eigenvalue weighted by Crippen LogP contribution is -2.51. The summed E-state index contributed by atoms with van der Waals surface area (Å²) in [5.74, 6) is 0.791. The summed E-state index contributed by atoms with van der Waals surface area (Å²) < 4.78 is 11.9. The van der Waals surface area contributed by atoms with Crippen LogP contribution in [-0.2, 0) is 10.3 Å². The standard InChI is InChI=1S/C21H20Cl2N2O3/c22-13-5-12(6-14(23)8-13)11-1-3-18-16(7-11)21(10-27-20(24)25-21)17-9-15(26)2-4-19(17)28-18/h1,3,5-8,15,17,19,26H,2,4,9-10H2,(H2,24,25). The van der Waals surface area contributed by atoms with Crippen LogP contribution in [-0.4, -0.2) is 29.9 Å². The van der Waals surface area contributed by atoms with E-state index >= 15 is 0 Å². The lowest BCUT2D eigenvalue weighted by molar-refractivity contribution is -0.0359. The summed E-state index contributed by atoms with van der Waals surface area (Å²) in [7, 11) is 0. The van der Waals surface area contributed by atoms with Gasteiger partial charge in [-0.2, -0.15) is 0 Å². The quantitative estimate of drug-likeness (QED) is 0.729. The van der Waals surface area contributed by atoms with Gasteiger partial charge in [-0.15, -0.1) is 0 Å². The van der Waals surface area contributed by atoms with Gasteiger partial charge in [0.2, 0.25) is 0 Å². The van der Waals surface area contributed by atoms with Crippen LogP contribution in [0.3, 0.4) is 0 Å². The van der Waals surface area contributed by atoms with Crippen molar-refractivity contribution >= 4 is 29.2 Å². The van der Waals surface area contributed by atoms with Crippen molar-refractivity contribution < 1.29 is 14.6 Å². The zero-order chi connectivity index (χ0) is 19.5. The average Bonchev–Trinajstić information content (AvgIpc) is 3.04. The molecule has 146 valence electrons. The van der Waals surface area contributed by atoms with Crippen molar-refractivity contribution in [3.63, 3.8) is 0 Å². The molecule has 1 fully saturated rings. The fourth-order valence-corrected chi connectivity index (χ4v) is 5.30. The first-order chi connectivity index (χ1) is 13.4. The largest absolute Gasteiger partial charge is 0.490 e. The van der Waals surface area contributed by atoms with E-state index in [1.807, 2.05) is 24.3 Å². The van der Waals surface area contributed by atoms with Gasteiger partial charge in [-0.3, -0.25) is 0 Å². The Bertz CT molecular complexity index is 960. The Kier molecular flexibility index (Phi) is 4.23. The third-order valence-corrected chi connectivity index (χ3v) is 6.48. The molecule has 2 heterocycles. The molecule has 2 aromatic rings. The number of aliphatic imine (C=N–C) groups is 1. The normalized spacial score (nSPS) is 30.8. The number of hydrogen-bond donors (Lipinski definition) is 2. The second kappa shape index (κ2) is 6.55. The van der Waals surface area contributed by atoms with Gasteiger partial charge >= 0.3 is 0 Å². The summed E-state index contributed by atoms with van der Waals surface area (Å²) in [5.41, 5.74) is 8.08. The summed E-state index contributed by atoms with van der Waals surface area (Å²) in [5, 5.41) is 11.4. The Morgan fingerprint density at radius 1 is 1.07 bits per heavy atom. The number of aliphatic hydroxyl groups excluding tert-OH is 1. The fraction of sp³-hybridized carbons (Fsp3) is 0.381. The summed E-state index contributed by atoms with van der Waals surface area (Å²) in [6.45, 7) is 0.350. The zero-order valence-electron chi connectivity index (χ0n) is 15.1. The van der Waals surface area contributed by atoms with Crippen molar-refractivity contribution in [3.8, 4) is 16.9 Å². The molecule has 1 aliphatic carbocycles. The van der Waals surface area contributed by atoms with E-state index in [0.717, 1.165) is 35.3 Å². The second-order valence-corrected chi connectivity index (χ2v) is 8.63. The highest BCUT2D eigenvalue weighted by Gasteiger charge is 2.55. The van der Waals surface area contributed by atoms with Crippen LogP contribution in [0.4, 0.5) is 0 Å². The van der Waals surface area contributed by atoms with Crippen molar-refractivity contribution in [2.45, 2.75) is 37.0 Å². The summed E-state index contributed by atoms with van der Waals surface area (Å²) in [6, 6.07) is 11.7. The molecule has 0 bridgehead atoms. The molecular formula is C21H20Cl2N2O3. The van der Waals surface area contributed by atoms with E-state index in [4.69, 9.17) is 43.4 Å². The summed E-state index contributed by atoms with van der Waals surface area (Å²) in [4.78, 5) is 4.74. The number of nitrogens with zero attached hydrogens (tertiary/aromatic N) is 1. The van der Waals surface area contributed by atoms with Crippen LogP contribution in [0.15, 0.2) is 41.4 Å². The van der Waals surface area contributed by atoms with Crippen LogP contribution < -0.4 is 10.5 Å². The molecule has 3 N–H and O–H groups in total. The minimum atomic E-state index is -0.651. The number of amidine groups is 1. The zero-order valence-corrected chi connectivity index (χ0v) is 16.6. The topological polar surface area (TPSA) is 77.1 Å². The number of nitrogens with two attached hydrogens (primary N) is 1.